The number of ether oxygens (including phenoxy) is 1. The SMILES string of the molecule is CCCCCCCC.CCCCCCCCN1CC(COI)O[C@@H](n2cc(C)c(=O)[nH]c2=O)C1.COP(OCCC#N)N(C(C)C)C(C)C. The Hall–Kier alpha value is -0.910. The molecule has 0 amide bonds. The molecule has 2 unspecified atom stereocenters. The van der Waals surface area contributed by atoms with Crippen LogP contribution in [-0.4, -0.2) is 77.3 Å². The van der Waals surface area contributed by atoms with Gasteiger partial charge in [-0.05, 0) is 47.6 Å². The zero-order chi connectivity index (χ0) is 37.0. The maximum atomic E-state index is 12.2. The van der Waals surface area contributed by atoms with Gasteiger partial charge < -0.3 is 16.9 Å². The number of nitrogens with zero attached hydrogens (tertiary/aromatic N) is 4. The van der Waals surface area contributed by atoms with E-state index in [1.54, 1.807) is 20.2 Å². The molecule has 0 radical (unpaired) electrons. The molecule has 1 saturated heterocycles. The van der Waals surface area contributed by atoms with Crippen LogP contribution in [0.15, 0.2) is 15.8 Å². The van der Waals surface area contributed by atoms with E-state index in [1.165, 1.54) is 75.2 Å². The van der Waals surface area contributed by atoms with Gasteiger partial charge in [0, 0.05) is 44.0 Å². The quantitative estimate of drug-likeness (QED) is 0.0694. The standard InChI is InChI=1S/C18H30IN3O4.C10H21N2O2P.C8H18/c1-3-4-5-6-7-8-9-21-11-15(13-25-19)26-16(12-21)22-10-14(2)17(23)20-18(22)24;1-9(2)12(10(3)4)15(13-5)14-8-6-7-11;1-3-5-7-8-6-4-2/h10,15-16H,3-9,11-13H2,1-2H3,(H,20,23,24);9-10H,6,8H2,1-5H3;3-8H2,1-2H3/t15?,16-;;/m1../s1. The van der Waals surface area contributed by atoms with Crippen molar-refractivity contribution in [3.8, 4) is 6.07 Å². The van der Waals surface area contributed by atoms with E-state index in [4.69, 9.17) is 22.1 Å². The first-order chi connectivity index (χ1) is 23.5. The van der Waals surface area contributed by atoms with Crippen LogP contribution in [0.25, 0.3) is 0 Å². The predicted octanol–water partition coefficient (Wildman–Crippen LogP) is 9.05. The second-order valence-electron chi connectivity index (χ2n) is 13.1. The van der Waals surface area contributed by atoms with Gasteiger partial charge in [-0.15, -0.1) is 0 Å². The molecular formula is C36H69IN5O6P. The third-order valence-electron chi connectivity index (χ3n) is 8.03. The number of hydrogen-bond donors (Lipinski definition) is 1. The van der Waals surface area contributed by atoms with Crippen molar-refractivity contribution >= 4 is 31.5 Å². The predicted molar refractivity (Wildman–Crippen MR) is 211 cm³/mol. The average Bonchev–Trinajstić information content (AvgIpc) is 3.06. The molecule has 0 bridgehead atoms. The summed E-state index contributed by atoms with van der Waals surface area (Å²) >= 11 is 1.87. The third-order valence-corrected chi connectivity index (χ3v) is 10.4. The van der Waals surface area contributed by atoms with Gasteiger partial charge in [-0.25, -0.2) is 9.46 Å². The Morgan fingerprint density at radius 1 is 0.980 bits per heavy atom. The Bertz CT molecular complexity index is 1080. The van der Waals surface area contributed by atoms with Gasteiger partial charge in [0.25, 0.3) is 14.1 Å². The van der Waals surface area contributed by atoms with Gasteiger partial charge in [0.15, 0.2) is 6.23 Å². The smallest absolute Gasteiger partial charge is 0.330 e. The van der Waals surface area contributed by atoms with E-state index in [9.17, 15) is 9.59 Å². The Labute approximate surface area is 313 Å². The number of aryl methyl sites for hydroxylation is 1. The minimum atomic E-state index is -1.03. The molecule has 0 aliphatic carbocycles. The fourth-order valence-electron chi connectivity index (χ4n) is 5.52. The lowest BCUT2D eigenvalue weighted by Gasteiger charge is -2.38. The number of halogens is 1. The molecule has 286 valence electrons. The van der Waals surface area contributed by atoms with E-state index in [1.807, 2.05) is 23.0 Å². The van der Waals surface area contributed by atoms with Crippen molar-refractivity contribution in [3.63, 3.8) is 0 Å². The normalized spacial score (nSPS) is 17.0. The average molecular weight is 826 g/mol. The van der Waals surface area contributed by atoms with E-state index in [0.717, 1.165) is 19.5 Å². The molecule has 2 rings (SSSR count). The zero-order valence-electron chi connectivity index (χ0n) is 32.2. The van der Waals surface area contributed by atoms with Gasteiger partial charge in [-0.3, -0.25) is 19.2 Å². The van der Waals surface area contributed by atoms with Crippen LogP contribution < -0.4 is 11.2 Å². The van der Waals surface area contributed by atoms with E-state index in [0.29, 0.717) is 43.8 Å². The minimum absolute atomic E-state index is 0.0927. The van der Waals surface area contributed by atoms with E-state index < -0.39 is 20.4 Å². The Balaban J connectivity index is 0.000000843. The lowest BCUT2D eigenvalue weighted by atomic mass is 10.1. The van der Waals surface area contributed by atoms with Crippen LogP contribution in [0.1, 0.15) is 144 Å². The molecule has 1 N–H and O–H groups in total. The van der Waals surface area contributed by atoms with E-state index >= 15 is 0 Å². The number of aromatic amines is 1. The van der Waals surface area contributed by atoms with Crippen LogP contribution in [0.4, 0.5) is 0 Å². The molecule has 49 heavy (non-hydrogen) atoms. The molecule has 1 fully saturated rings. The maximum absolute atomic E-state index is 12.2. The first-order valence-corrected chi connectivity index (χ1v) is 20.6. The Morgan fingerprint density at radius 2 is 1.53 bits per heavy atom. The summed E-state index contributed by atoms with van der Waals surface area (Å²) in [5, 5.41) is 8.43. The summed E-state index contributed by atoms with van der Waals surface area (Å²) in [7, 11) is 0.618. The first-order valence-electron chi connectivity index (χ1n) is 18.6. The van der Waals surface area contributed by atoms with Gasteiger partial charge in [0.2, 0.25) is 0 Å². The number of hydrogen-bond acceptors (Lipinski definition) is 9. The zero-order valence-corrected chi connectivity index (χ0v) is 35.2. The van der Waals surface area contributed by atoms with Crippen molar-refractivity contribution < 1.29 is 16.9 Å². The number of nitrogens with one attached hydrogen (secondary N) is 1. The van der Waals surface area contributed by atoms with E-state index in [-0.39, 0.29) is 11.7 Å². The number of nitriles is 1. The van der Waals surface area contributed by atoms with Gasteiger partial charge in [0.1, 0.15) is 23.0 Å². The molecule has 13 heteroatoms. The summed E-state index contributed by atoms with van der Waals surface area (Å²) in [4.78, 5) is 28.5. The van der Waals surface area contributed by atoms with Gasteiger partial charge in [-0.1, -0.05) is 91.4 Å². The largest absolute Gasteiger partial charge is 0.349 e. The van der Waals surface area contributed by atoms with Crippen LogP contribution in [0.5, 0.6) is 0 Å². The minimum Gasteiger partial charge on any atom is -0.349 e. The number of H-pyrrole nitrogens is 1. The molecular weight excluding hydrogens is 756 g/mol. The highest BCUT2D eigenvalue weighted by Crippen LogP contribution is 2.44. The van der Waals surface area contributed by atoms with Crippen molar-refractivity contribution in [2.24, 2.45) is 0 Å². The van der Waals surface area contributed by atoms with Crippen LogP contribution in [0.3, 0.4) is 0 Å². The second kappa shape index (κ2) is 30.7. The van der Waals surface area contributed by atoms with Crippen LogP contribution >= 0.6 is 31.5 Å². The van der Waals surface area contributed by atoms with Crippen molar-refractivity contribution in [3.05, 3.63) is 32.6 Å². The fourth-order valence-corrected chi connectivity index (χ4v) is 7.35. The molecule has 0 saturated carbocycles. The molecule has 1 aromatic rings. The monoisotopic (exact) mass is 825 g/mol. The lowest BCUT2D eigenvalue weighted by Crippen LogP contribution is -2.49. The summed E-state index contributed by atoms with van der Waals surface area (Å²) in [6, 6.07) is 2.80. The fraction of sp³-hybridized carbons (Fsp3) is 0.861. The third kappa shape index (κ3) is 21.9. The van der Waals surface area contributed by atoms with Gasteiger partial charge in [0.05, 0.1) is 31.8 Å². The summed E-state index contributed by atoms with van der Waals surface area (Å²) in [5.74, 6) is 0. The second-order valence-corrected chi connectivity index (χ2v) is 15.3. The molecule has 1 aromatic heterocycles. The van der Waals surface area contributed by atoms with Crippen molar-refractivity contribution in [1.82, 2.24) is 19.1 Å². The first kappa shape index (κ1) is 48.1. The summed E-state index contributed by atoms with van der Waals surface area (Å²) in [6.45, 7) is 20.2. The highest BCUT2D eigenvalue weighted by atomic mass is 127. The van der Waals surface area contributed by atoms with Crippen molar-refractivity contribution in [2.45, 2.75) is 163 Å². The highest BCUT2D eigenvalue weighted by Gasteiger charge is 2.30. The lowest BCUT2D eigenvalue weighted by molar-refractivity contribution is -0.130. The summed E-state index contributed by atoms with van der Waals surface area (Å²) < 4.78 is 25.9. The maximum Gasteiger partial charge on any atom is 0.330 e. The summed E-state index contributed by atoms with van der Waals surface area (Å²) in [6.07, 6.45) is 17.5. The topological polar surface area (TPSA) is 122 Å². The number of aromatic nitrogens is 2. The van der Waals surface area contributed by atoms with Crippen LogP contribution in [-0.2, 0) is 16.9 Å². The summed E-state index contributed by atoms with van der Waals surface area (Å²) in [5.41, 5.74) is -0.276. The highest BCUT2D eigenvalue weighted by molar-refractivity contribution is 14.1. The Kier molecular flexibility index (Phi) is 30.1. The molecule has 1 aliphatic rings. The van der Waals surface area contributed by atoms with Crippen molar-refractivity contribution in [1.29, 1.82) is 5.26 Å². The molecule has 0 aromatic carbocycles. The Morgan fingerprint density at radius 3 is 2.02 bits per heavy atom. The van der Waals surface area contributed by atoms with Gasteiger partial charge >= 0.3 is 5.69 Å². The number of rotatable bonds is 22. The van der Waals surface area contributed by atoms with Crippen LogP contribution in [0.2, 0.25) is 0 Å². The molecule has 11 nitrogen and oxygen atoms in total. The van der Waals surface area contributed by atoms with E-state index in [2.05, 4.69) is 69.1 Å². The van der Waals surface area contributed by atoms with Crippen molar-refractivity contribution in [2.75, 3.05) is 40.0 Å². The van der Waals surface area contributed by atoms with Crippen LogP contribution in [0, 0.1) is 18.3 Å². The molecule has 3 atom stereocenters. The molecule has 0 spiro atoms. The number of unbranched alkanes of at least 4 members (excludes halogenated alkanes) is 10. The molecule has 1 aliphatic heterocycles. The number of morpholine rings is 1. The molecule has 2 heterocycles. The van der Waals surface area contributed by atoms with Gasteiger partial charge in [-0.2, -0.15) is 5.26 Å².